The average molecular weight is 443 g/mol. The van der Waals surface area contributed by atoms with Gasteiger partial charge < -0.3 is 8.82 Å². The Kier molecular flexibility index (Phi) is 2.42. The van der Waals surface area contributed by atoms with E-state index >= 15 is 0 Å². The minimum absolute atomic E-state index is 0.232. The first-order valence-corrected chi connectivity index (χ1v) is 11.1. The molecular weight excluding hydrogens is 416 g/mol. The van der Waals surface area contributed by atoms with Crippen LogP contribution in [0.4, 0.5) is 0 Å². The van der Waals surface area contributed by atoms with E-state index in [0.29, 0.717) is 22.4 Å². The molecule has 160 valence electrons. The SMILES string of the molecule is [2H]C([2H])([2H])c1cnc(-c2cccc3c2oc2cc4c5cccc6c7ccccc7n(c4cc23)c65)cc1C([2H])([2H])[2H]. The van der Waals surface area contributed by atoms with Crippen molar-refractivity contribution in [3.63, 3.8) is 0 Å². The third-order valence-corrected chi connectivity index (χ3v) is 7.02. The third kappa shape index (κ3) is 2.14. The Labute approximate surface area is 203 Å². The van der Waals surface area contributed by atoms with Crippen LogP contribution in [0.2, 0.25) is 0 Å². The molecule has 0 radical (unpaired) electrons. The second-order valence-electron chi connectivity index (χ2n) is 8.82. The molecule has 0 saturated carbocycles. The molecular formula is C31H20N2O. The second-order valence-corrected chi connectivity index (χ2v) is 8.82. The van der Waals surface area contributed by atoms with E-state index in [9.17, 15) is 0 Å². The number of pyridine rings is 1. The summed E-state index contributed by atoms with van der Waals surface area (Å²) in [5.74, 6) is 0. The molecule has 0 saturated heterocycles. The van der Waals surface area contributed by atoms with E-state index in [2.05, 4.69) is 64.0 Å². The quantitative estimate of drug-likeness (QED) is 0.255. The Morgan fingerprint density at radius 1 is 0.706 bits per heavy atom. The van der Waals surface area contributed by atoms with Crippen molar-refractivity contribution in [2.75, 3.05) is 0 Å². The number of nitrogens with zero attached hydrogens (tertiary/aromatic N) is 2. The van der Waals surface area contributed by atoms with Crippen LogP contribution in [0.15, 0.2) is 89.5 Å². The normalized spacial score (nSPS) is 15.8. The Bertz CT molecular complexity index is 2310. The molecule has 3 nitrogen and oxygen atoms in total. The highest BCUT2D eigenvalue weighted by atomic mass is 16.3. The summed E-state index contributed by atoms with van der Waals surface area (Å²) in [5, 5.41) is 6.46. The summed E-state index contributed by atoms with van der Waals surface area (Å²) in [4.78, 5) is 4.38. The zero-order valence-corrected chi connectivity index (χ0v) is 17.9. The largest absolute Gasteiger partial charge is 0.455 e. The van der Waals surface area contributed by atoms with Crippen molar-refractivity contribution in [3.05, 3.63) is 96.2 Å². The first-order valence-electron chi connectivity index (χ1n) is 14.1. The zero-order chi connectivity index (χ0) is 27.6. The lowest BCUT2D eigenvalue weighted by Crippen LogP contribution is -1.88. The maximum atomic E-state index is 7.96. The molecule has 4 aromatic carbocycles. The number of para-hydroxylation sites is 3. The van der Waals surface area contributed by atoms with Gasteiger partial charge in [-0.15, -0.1) is 0 Å². The number of benzene rings is 4. The molecule has 0 aliphatic carbocycles. The topological polar surface area (TPSA) is 30.4 Å². The van der Waals surface area contributed by atoms with Gasteiger partial charge >= 0.3 is 0 Å². The van der Waals surface area contributed by atoms with Gasteiger partial charge in [-0.05, 0) is 55.2 Å². The number of hydrogen-bond donors (Lipinski definition) is 0. The molecule has 0 amide bonds. The van der Waals surface area contributed by atoms with Crippen molar-refractivity contribution >= 4 is 60.0 Å². The Morgan fingerprint density at radius 3 is 2.41 bits per heavy atom. The number of furan rings is 1. The minimum Gasteiger partial charge on any atom is -0.455 e. The van der Waals surface area contributed by atoms with E-state index in [1.165, 1.54) is 22.4 Å². The Balaban J connectivity index is 1.43. The molecule has 8 rings (SSSR count). The summed E-state index contributed by atoms with van der Waals surface area (Å²) in [6.45, 7) is -5.20. The first-order chi connectivity index (χ1) is 19.1. The second kappa shape index (κ2) is 6.15. The van der Waals surface area contributed by atoms with Crippen LogP contribution >= 0.6 is 0 Å². The summed E-state index contributed by atoms with van der Waals surface area (Å²) < 4.78 is 56.0. The van der Waals surface area contributed by atoms with Crippen LogP contribution in [0.25, 0.3) is 71.3 Å². The molecule has 4 aromatic heterocycles. The summed E-state index contributed by atoms with van der Waals surface area (Å²) in [6, 6.07) is 26.0. The van der Waals surface area contributed by atoms with Gasteiger partial charge in [-0.2, -0.15) is 0 Å². The maximum absolute atomic E-state index is 7.96. The molecule has 0 bridgehead atoms. The molecule has 0 aliphatic heterocycles. The fourth-order valence-corrected chi connectivity index (χ4v) is 5.52. The fraction of sp³-hybridized carbons (Fsp3) is 0.0645. The van der Waals surface area contributed by atoms with E-state index in [1.807, 2.05) is 18.2 Å². The van der Waals surface area contributed by atoms with Crippen LogP contribution < -0.4 is 0 Å². The summed E-state index contributed by atoms with van der Waals surface area (Å²) in [6.07, 6.45) is 1.15. The third-order valence-electron chi connectivity index (χ3n) is 7.02. The summed E-state index contributed by atoms with van der Waals surface area (Å²) in [7, 11) is 0. The molecule has 8 aromatic rings. The molecule has 0 N–H and O–H groups in total. The van der Waals surface area contributed by atoms with Crippen LogP contribution in [0.3, 0.4) is 0 Å². The van der Waals surface area contributed by atoms with Crippen LogP contribution in [0, 0.1) is 13.7 Å². The smallest absolute Gasteiger partial charge is 0.144 e. The standard InChI is InChI=1S/C31H20N2O/c1-17-13-26(32-16-18(17)2)23-11-6-10-22-25-14-28-24(15-29(25)34-31(22)23)21-9-5-8-20-19-7-3-4-12-27(19)33(28)30(20)21/h3-16H,1-2H3/i1D3,2D3. The predicted molar refractivity (Wildman–Crippen MR) is 141 cm³/mol. The van der Waals surface area contributed by atoms with Crippen molar-refractivity contribution < 1.29 is 12.6 Å². The highest BCUT2D eigenvalue weighted by Crippen LogP contribution is 2.43. The molecule has 0 spiro atoms. The van der Waals surface area contributed by atoms with Gasteiger partial charge in [0.2, 0.25) is 0 Å². The maximum Gasteiger partial charge on any atom is 0.144 e. The number of rotatable bonds is 1. The van der Waals surface area contributed by atoms with Crippen LogP contribution in [0.1, 0.15) is 19.4 Å². The molecule has 0 aliphatic rings. The highest BCUT2D eigenvalue weighted by molar-refractivity contribution is 6.25. The van der Waals surface area contributed by atoms with Gasteiger partial charge in [-0.25, -0.2) is 0 Å². The van der Waals surface area contributed by atoms with Crippen molar-refractivity contribution in [2.45, 2.75) is 13.7 Å². The predicted octanol–water partition coefficient (Wildman–Crippen LogP) is 8.41. The van der Waals surface area contributed by atoms with Crippen LogP contribution in [0.5, 0.6) is 0 Å². The van der Waals surface area contributed by atoms with Crippen LogP contribution in [-0.4, -0.2) is 9.38 Å². The lowest BCUT2D eigenvalue weighted by molar-refractivity contribution is 0.670. The van der Waals surface area contributed by atoms with Gasteiger partial charge in [0.25, 0.3) is 0 Å². The van der Waals surface area contributed by atoms with Gasteiger partial charge in [0.15, 0.2) is 0 Å². The molecule has 34 heavy (non-hydrogen) atoms. The molecule has 3 heteroatoms. The number of hydrogen-bond acceptors (Lipinski definition) is 2. The van der Waals surface area contributed by atoms with E-state index in [-0.39, 0.29) is 11.1 Å². The number of fused-ring (bicyclic) bond motifs is 9. The van der Waals surface area contributed by atoms with E-state index < -0.39 is 13.7 Å². The van der Waals surface area contributed by atoms with Crippen molar-refractivity contribution in [1.29, 1.82) is 0 Å². The fourth-order valence-electron chi connectivity index (χ4n) is 5.52. The van der Waals surface area contributed by atoms with Gasteiger partial charge in [-0.1, -0.05) is 48.5 Å². The van der Waals surface area contributed by atoms with E-state index in [1.54, 1.807) is 0 Å². The minimum atomic E-state index is -2.61. The first kappa shape index (κ1) is 13.4. The van der Waals surface area contributed by atoms with Crippen molar-refractivity contribution in [2.24, 2.45) is 0 Å². The van der Waals surface area contributed by atoms with Gasteiger partial charge in [0.05, 0.1) is 22.2 Å². The monoisotopic (exact) mass is 442 g/mol. The highest BCUT2D eigenvalue weighted by Gasteiger charge is 2.20. The van der Waals surface area contributed by atoms with Crippen molar-refractivity contribution in [3.8, 4) is 11.3 Å². The van der Waals surface area contributed by atoms with Gasteiger partial charge in [-0.3, -0.25) is 4.98 Å². The summed E-state index contributed by atoms with van der Waals surface area (Å²) >= 11 is 0. The Morgan fingerprint density at radius 2 is 1.50 bits per heavy atom. The van der Waals surface area contributed by atoms with Crippen molar-refractivity contribution in [1.82, 2.24) is 9.38 Å². The zero-order valence-electron chi connectivity index (χ0n) is 23.9. The lowest BCUT2D eigenvalue weighted by Gasteiger charge is -2.05. The van der Waals surface area contributed by atoms with Gasteiger partial charge in [0, 0.05) is 52.3 Å². The Hall–Kier alpha value is -4.37. The van der Waals surface area contributed by atoms with E-state index in [0.717, 1.165) is 38.8 Å². The molecule has 0 fully saturated rings. The van der Waals surface area contributed by atoms with E-state index in [4.69, 9.17) is 12.6 Å². The summed E-state index contributed by atoms with van der Waals surface area (Å²) in [5.41, 5.74) is 5.15. The van der Waals surface area contributed by atoms with Gasteiger partial charge in [0.1, 0.15) is 11.2 Å². The molecule has 0 unspecified atom stereocenters. The number of aromatic nitrogens is 2. The number of aryl methyl sites for hydroxylation is 2. The lowest BCUT2D eigenvalue weighted by atomic mass is 10.0. The molecule has 4 heterocycles. The molecule has 0 atom stereocenters. The average Bonchev–Trinajstić information content (AvgIpc) is 3.57. The van der Waals surface area contributed by atoms with Crippen LogP contribution in [-0.2, 0) is 0 Å².